The number of carbonyl (C=O) groups is 1. The fourth-order valence-corrected chi connectivity index (χ4v) is 1.13. The topological polar surface area (TPSA) is 55.1 Å². The van der Waals surface area contributed by atoms with Crippen LogP contribution in [-0.4, -0.2) is 13.0 Å². The fraction of sp³-hybridized carbons (Fsp3) is 0.300. The van der Waals surface area contributed by atoms with Gasteiger partial charge in [0.05, 0.1) is 5.56 Å². The fourth-order valence-electron chi connectivity index (χ4n) is 1.13. The molecule has 0 unspecified atom stereocenters. The molecule has 0 bridgehead atoms. The van der Waals surface area contributed by atoms with Crippen LogP contribution in [0.15, 0.2) is 18.2 Å². The number of halogens is 2. The third-order valence-corrected chi connectivity index (χ3v) is 1.99. The monoisotopic (exact) mass is 232 g/mol. The third kappa shape index (κ3) is 3.18. The van der Waals surface area contributed by atoms with E-state index in [0.29, 0.717) is 5.56 Å². The number of rotatable bonds is 2. The minimum Gasteiger partial charge on any atom is -0.355 e. The molecule has 1 rings (SSSR count). The normalized spacial score (nSPS) is 11.5. The van der Waals surface area contributed by atoms with Gasteiger partial charge in [-0.25, -0.2) is 4.39 Å². The van der Waals surface area contributed by atoms with Crippen molar-refractivity contribution in [1.82, 2.24) is 5.32 Å². The van der Waals surface area contributed by atoms with Gasteiger partial charge in [-0.3, -0.25) is 4.79 Å². The zero-order valence-corrected chi connectivity index (χ0v) is 9.40. The molecule has 0 heterocycles. The van der Waals surface area contributed by atoms with E-state index in [1.807, 2.05) is 0 Å². The molecule has 0 saturated heterocycles. The summed E-state index contributed by atoms with van der Waals surface area (Å²) in [4.78, 5) is 11.1. The van der Waals surface area contributed by atoms with Crippen LogP contribution in [0.1, 0.15) is 28.9 Å². The van der Waals surface area contributed by atoms with Crippen LogP contribution in [0.3, 0.4) is 0 Å². The van der Waals surface area contributed by atoms with Crippen molar-refractivity contribution >= 4 is 18.3 Å². The molecule has 0 aliphatic carbocycles. The lowest BCUT2D eigenvalue weighted by Gasteiger charge is -2.07. The van der Waals surface area contributed by atoms with E-state index < -0.39 is 11.7 Å². The van der Waals surface area contributed by atoms with Crippen molar-refractivity contribution in [3.63, 3.8) is 0 Å². The molecule has 1 amide bonds. The van der Waals surface area contributed by atoms with Gasteiger partial charge in [0.2, 0.25) is 0 Å². The van der Waals surface area contributed by atoms with Gasteiger partial charge in [0.15, 0.2) is 0 Å². The summed E-state index contributed by atoms with van der Waals surface area (Å²) in [6, 6.07) is 4.14. The first-order valence-corrected chi connectivity index (χ1v) is 4.33. The molecule has 0 spiro atoms. The molecule has 1 aromatic rings. The van der Waals surface area contributed by atoms with E-state index in [2.05, 4.69) is 5.32 Å². The van der Waals surface area contributed by atoms with E-state index in [1.54, 1.807) is 13.0 Å². The highest BCUT2D eigenvalue weighted by atomic mass is 35.5. The summed E-state index contributed by atoms with van der Waals surface area (Å²) >= 11 is 0. The Morgan fingerprint density at radius 1 is 1.53 bits per heavy atom. The Morgan fingerprint density at radius 3 is 2.53 bits per heavy atom. The lowest BCUT2D eigenvalue weighted by atomic mass is 10.1. The van der Waals surface area contributed by atoms with Crippen LogP contribution in [-0.2, 0) is 0 Å². The van der Waals surface area contributed by atoms with Gasteiger partial charge in [-0.05, 0) is 24.6 Å². The summed E-state index contributed by atoms with van der Waals surface area (Å²) in [6.45, 7) is 1.76. The minimum absolute atomic E-state index is 0. The van der Waals surface area contributed by atoms with Gasteiger partial charge < -0.3 is 11.1 Å². The van der Waals surface area contributed by atoms with Crippen molar-refractivity contribution in [2.45, 2.75) is 13.0 Å². The van der Waals surface area contributed by atoms with E-state index in [1.165, 1.54) is 19.2 Å². The van der Waals surface area contributed by atoms with Crippen molar-refractivity contribution in [1.29, 1.82) is 0 Å². The number of hydrogen-bond acceptors (Lipinski definition) is 2. The number of amides is 1. The summed E-state index contributed by atoms with van der Waals surface area (Å²) in [5.41, 5.74) is 6.29. The first-order valence-electron chi connectivity index (χ1n) is 4.33. The van der Waals surface area contributed by atoms with Crippen molar-refractivity contribution < 1.29 is 9.18 Å². The highest BCUT2D eigenvalue weighted by Gasteiger charge is 2.11. The Balaban J connectivity index is 0.00000196. The Labute approximate surface area is 94.3 Å². The van der Waals surface area contributed by atoms with E-state index in [9.17, 15) is 9.18 Å². The van der Waals surface area contributed by atoms with Crippen molar-refractivity contribution in [3.8, 4) is 0 Å². The smallest absolute Gasteiger partial charge is 0.253 e. The van der Waals surface area contributed by atoms with Crippen LogP contribution in [0, 0.1) is 5.82 Å². The largest absolute Gasteiger partial charge is 0.355 e. The Morgan fingerprint density at radius 2 is 2.13 bits per heavy atom. The predicted octanol–water partition coefficient (Wildman–Crippen LogP) is 1.63. The molecule has 0 aliphatic heterocycles. The van der Waals surface area contributed by atoms with E-state index in [0.717, 1.165) is 0 Å². The third-order valence-electron chi connectivity index (χ3n) is 1.99. The minimum atomic E-state index is -0.542. The number of carbonyl (C=O) groups excluding carboxylic acids is 1. The van der Waals surface area contributed by atoms with Crippen LogP contribution in [0.5, 0.6) is 0 Å². The number of hydrogen-bond donors (Lipinski definition) is 2. The molecular weight excluding hydrogens is 219 g/mol. The molecule has 1 aromatic carbocycles. The average Bonchev–Trinajstić information content (AvgIpc) is 2.16. The van der Waals surface area contributed by atoms with Crippen LogP contribution in [0.2, 0.25) is 0 Å². The molecule has 1 atom stereocenters. The molecule has 0 radical (unpaired) electrons. The lowest BCUT2D eigenvalue weighted by Crippen LogP contribution is -2.19. The molecule has 0 fully saturated rings. The first kappa shape index (κ1) is 13.9. The van der Waals surface area contributed by atoms with Crippen LogP contribution >= 0.6 is 12.4 Å². The van der Waals surface area contributed by atoms with Gasteiger partial charge in [-0.15, -0.1) is 12.4 Å². The van der Waals surface area contributed by atoms with Crippen LogP contribution < -0.4 is 11.1 Å². The SMILES string of the molecule is CNC(=O)c1ccc([C@H](C)N)cc1F.Cl. The average molecular weight is 233 g/mol. The maximum absolute atomic E-state index is 13.3. The standard InChI is InChI=1S/C10H13FN2O.ClH/c1-6(12)7-3-4-8(9(11)5-7)10(14)13-2;/h3-6H,12H2,1-2H3,(H,13,14);1H/t6-;/m0./s1. The summed E-state index contributed by atoms with van der Waals surface area (Å²) in [6.07, 6.45) is 0. The van der Waals surface area contributed by atoms with Gasteiger partial charge in [-0.2, -0.15) is 0 Å². The lowest BCUT2D eigenvalue weighted by molar-refractivity contribution is 0.0959. The van der Waals surface area contributed by atoms with Gasteiger partial charge in [0, 0.05) is 13.1 Å². The maximum Gasteiger partial charge on any atom is 0.253 e. The van der Waals surface area contributed by atoms with Gasteiger partial charge in [-0.1, -0.05) is 6.07 Å². The van der Waals surface area contributed by atoms with Gasteiger partial charge in [0.1, 0.15) is 5.82 Å². The summed E-state index contributed by atoms with van der Waals surface area (Å²) in [5.74, 6) is -0.974. The summed E-state index contributed by atoms with van der Waals surface area (Å²) in [7, 11) is 1.46. The zero-order chi connectivity index (χ0) is 10.7. The second kappa shape index (κ2) is 5.68. The molecule has 3 nitrogen and oxygen atoms in total. The van der Waals surface area contributed by atoms with E-state index >= 15 is 0 Å². The Bertz CT molecular complexity index is 355. The second-order valence-electron chi connectivity index (χ2n) is 3.11. The second-order valence-corrected chi connectivity index (χ2v) is 3.11. The molecule has 0 aromatic heterocycles. The predicted molar refractivity (Wildman–Crippen MR) is 59.6 cm³/mol. The summed E-state index contributed by atoms with van der Waals surface area (Å²) in [5, 5.41) is 2.36. The number of benzene rings is 1. The van der Waals surface area contributed by atoms with Gasteiger partial charge >= 0.3 is 0 Å². The molecule has 15 heavy (non-hydrogen) atoms. The molecule has 84 valence electrons. The number of nitrogens with two attached hydrogens (primary N) is 1. The van der Waals surface area contributed by atoms with Crippen molar-refractivity contribution in [2.24, 2.45) is 5.73 Å². The highest BCUT2D eigenvalue weighted by molar-refractivity contribution is 5.94. The Kier molecular flexibility index (Phi) is 5.25. The highest BCUT2D eigenvalue weighted by Crippen LogP contribution is 2.14. The number of nitrogens with one attached hydrogen (secondary N) is 1. The van der Waals surface area contributed by atoms with Gasteiger partial charge in [0.25, 0.3) is 5.91 Å². The molecule has 0 saturated carbocycles. The molecule has 3 N–H and O–H groups in total. The zero-order valence-electron chi connectivity index (χ0n) is 8.58. The van der Waals surface area contributed by atoms with Crippen molar-refractivity contribution in [2.75, 3.05) is 7.05 Å². The maximum atomic E-state index is 13.3. The molecule has 0 aliphatic rings. The first-order chi connectivity index (χ1) is 6.56. The molecular formula is C10H14ClFN2O. The van der Waals surface area contributed by atoms with Crippen molar-refractivity contribution in [3.05, 3.63) is 35.1 Å². The van der Waals surface area contributed by atoms with E-state index in [4.69, 9.17) is 5.73 Å². The van der Waals surface area contributed by atoms with Crippen LogP contribution in [0.4, 0.5) is 4.39 Å². The summed E-state index contributed by atoms with van der Waals surface area (Å²) < 4.78 is 13.3. The quantitative estimate of drug-likeness (QED) is 0.814. The van der Waals surface area contributed by atoms with E-state index in [-0.39, 0.29) is 24.0 Å². The Hall–Kier alpha value is -1.13. The molecule has 5 heteroatoms. The van der Waals surface area contributed by atoms with Crippen LogP contribution in [0.25, 0.3) is 0 Å².